The van der Waals surface area contributed by atoms with Gasteiger partial charge in [-0.05, 0) is 23.3 Å². The molecule has 118 valence electrons. The van der Waals surface area contributed by atoms with Gasteiger partial charge in [-0.1, -0.05) is 24.3 Å². The molecular weight excluding hydrogens is 293 g/mol. The standard InChI is InChI=1S/C16H17F3N2O/c17-16(18,19)15-5-1-3-13(9-15)11-21(7-8-22)12-14-4-2-6-20-10-14/h1-6,9-10,22H,7-8,11-12H2. The highest BCUT2D eigenvalue weighted by molar-refractivity contribution is 5.25. The highest BCUT2D eigenvalue weighted by Gasteiger charge is 2.30. The lowest BCUT2D eigenvalue weighted by Crippen LogP contribution is -2.26. The number of hydrogen-bond donors (Lipinski definition) is 1. The lowest BCUT2D eigenvalue weighted by molar-refractivity contribution is -0.137. The zero-order chi connectivity index (χ0) is 16.0. The largest absolute Gasteiger partial charge is 0.416 e. The first kappa shape index (κ1) is 16.5. The smallest absolute Gasteiger partial charge is 0.395 e. The van der Waals surface area contributed by atoms with Crippen LogP contribution in [0.1, 0.15) is 16.7 Å². The summed E-state index contributed by atoms with van der Waals surface area (Å²) < 4.78 is 38.2. The molecule has 0 saturated carbocycles. The normalized spacial score (nSPS) is 11.9. The molecule has 2 aromatic rings. The SMILES string of the molecule is OCCN(Cc1cccnc1)Cc1cccc(C(F)(F)F)c1. The van der Waals surface area contributed by atoms with Gasteiger partial charge in [0.25, 0.3) is 0 Å². The molecule has 0 spiro atoms. The fourth-order valence-electron chi connectivity index (χ4n) is 2.21. The van der Waals surface area contributed by atoms with E-state index in [9.17, 15) is 13.2 Å². The van der Waals surface area contributed by atoms with E-state index in [4.69, 9.17) is 5.11 Å². The minimum absolute atomic E-state index is 0.0563. The van der Waals surface area contributed by atoms with E-state index in [0.29, 0.717) is 25.2 Å². The van der Waals surface area contributed by atoms with Gasteiger partial charge in [0.1, 0.15) is 0 Å². The van der Waals surface area contributed by atoms with Crippen molar-refractivity contribution in [3.63, 3.8) is 0 Å². The van der Waals surface area contributed by atoms with Crippen LogP contribution in [0.3, 0.4) is 0 Å². The van der Waals surface area contributed by atoms with Crippen molar-refractivity contribution >= 4 is 0 Å². The predicted molar refractivity (Wildman–Crippen MR) is 76.9 cm³/mol. The van der Waals surface area contributed by atoms with Gasteiger partial charge in [-0.15, -0.1) is 0 Å². The lowest BCUT2D eigenvalue weighted by Gasteiger charge is -2.22. The molecule has 22 heavy (non-hydrogen) atoms. The molecule has 0 aliphatic rings. The van der Waals surface area contributed by atoms with Crippen LogP contribution in [0.4, 0.5) is 13.2 Å². The number of rotatable bonds is 6. The molecule has 2 rings (SSSR count). The van der Waals surface area contributed by atoms with Gasteiger partial charge in [0.05, 0.1) is 12.2 Å². The molecule has 1 aromatic heterocycles. The molecule has 0 amide bonds. The Morgan fingerprint density at radius 3 is 2.41 bits per heavy atom. The first-order chi connectivity index (χ1) is 10.5. The van der Waals surface area contributed by atoms with Crippen LogP contribution in [-0.4, -0.2) is 28.1 Å². The van der Waals surface area contributed by atoms with Gasteiger partial charge < -0.3 is 5.11 Å². The van der Waals surface area contributed by atoms with E-state index in [0.717, 1.165) is 17.7 Å². The minimum atomic E-state index is -4.35. The Labute approximate surface area is 127 Å². The number of hydrogen-bond acceptors (Lipinski definition) is 3. The van der Waals surface area contributed by atoms with E-state index in [1.54, 1.807) is 24.5 Å². The molecule has 0 unspecified atom stereocenters. The second kappa shape index (κ2) is 7.38. The number of nitrogens with zero attached hydrogens (tertiary/aromatic N) is 2. The van der Waals surface area contributed by atoms with Gasteiger partial charge >= 0.3 is 6.18 Å². The van der Waals surface area contributed by atoms with Crippen LogP contribution in [0.2, 0.25) is 0 Å². The van der Waals surface area contributed by atoms with Crippen LogP contribution < -0.4 is 0 Å². The van der Waals surface area contributed by atoms with E-state index in [2.05, 4.69) is 4.98 Å². The molecule has 0 saturated heterocycles. The van der Waals surface area contributed by atoms with Crippen LogP contribution in [0.5, 0.6) is 0 Å². The fourth-order valence-corrected chi connectivity index (χ4v) is 2.21. The van der Waals surface area contributed by atoms with Crippen molar-refractivity contribution in [1.82, 2.24) is 9.88 Å². The third-order valence-electron chi connectivity index (χ3n) is 3.21. The Balaban J connectivity index is 2.11. The van der Waals surface area contributed by atoms with Gasteiger partial charge in [0, 0.05) is 32.0 Å². The molecule has 6 heteroatoms. The molecule has 0 radical (unpaired) electrons. The highest BCUT2D eigenvalue weighted by atomic mass is 19.4. The molecule has 1 heterocycles. The molecule has 0 aliphatic heterocycles. The van der Waals surface area contributed by atoms with Crippen molar-refractivity contribution in [3.05, 3.63) is 65.5 Å². The number of alkyl halides is 3. The molecule has 0 atom stereocenters. The summed E-state index contributed by atoms with van der Waals surface area (Å²) in [6.07, 6.45) is -0.982. The summed E-state index contributed by atoms with van der Waals surface area (Å²) in [4.78, 5) is 5.89. The Morgan fingerprint density at radius 1 is 1.05 bits per heavy atom. The zero-order valence-electron chi connectivity index (χ0n) is 11.9. The van der Waals surface area contributed by atoms with Crippen molar-refractivity contribution in [2.75, 3.05) is 13.2 Å². The van der Waals surface area contributed by atoms with E-state index < -0.39 is 11.7 Å². The van der Waals surface area contributed by atoms with Crippen molar-refractivity contribution in [2.24, 2.45) is 0 Å². The fraction of sp³-hybridized carbons (Fsp3) is 0.312. The number of aromatic nitrogens is 1. The maximum absolute atomic E-state index is 12.7. The van der Waals surface area contributed by atoms with E-state index in [1.807, 2.05) is 11.0 Å². The number of aliphatic hydroxyl groups excluding tert-OH is 1. The van der Waals surface area contributed by atoms with Crippen molar-refractivity contribution in [2.45, 2.75) is 19.3 Å². The second-order valence-electron chi connectivity index (χ2n) is 4.99. The van der Waals surface area contributed by atoms with Crippen LogP contribution in [0, 0.1) is 0 Å². The van der Waals surface area contributed by atoms with Crippen LogP contribution in [0.15, 0.2) is 48.8 Å². The molecule has 3 nitrogen and oxygen atoms in total. The highest BCUT2D eigenvalue weighted by Crippen LogP contribution is 2.29. The van der Waals surface area contributed by atoms with Gasteiger partial charge in [0.2, 0.25) is 0 Å². The molecule has 0 aliphatic carbocycles. The van der Waals surface area contributed by atoms with Crippen molar-refractivity contribution in [3.8, 4) is 0 Å². The monoisotopic (exact) mass is 310 g/mol. The molecule has 1 aromatic carbocycles. The summed E-state index contributed by atoms with van der Waals surface area (Å²) in [7, 11) is 0. The second-order valence-corrected chi connectivity index (χ2v) is 4.99. The summed E-state index contributed by atoms with van der Waals surface area (Å²) in [5.74, 6) is 0. The van der Waals surface area contributed by atoms with Crippen LogP contribution >= 0.6 is 0 Å². The quantitative estimate of drug-likeness (QED) is 0.891. The Bertz CT molecular complexity index is 587. The summed E-state index contributed by atoms with van der Waals surface area (Å²) in [5.41, 5.74) is 0.852. The van der Waals surface area contributed by atoms with E-state index in [1.165, 1.54) is 6.07 Å². The van der Waals surface area contributed by atoms with Crippen LogP contribution in [-0.2, 0) is 19.3 Å². The maximum Gasteiger partial charge on any atom is 0.416 e. The first-order valence-electron chi connectivity index (χ1n) is 6.87. The van der Waals surface area contributed by atoms with Gasteiger partial charge in [0.15, 0.2) is 0 Å². The Kier molecular flexibility index (Phi) is 5.51. The zero-order valence-corrected chi connectivity index (χ0v) is 11.9. The number of halogens is 3. The summed E-state index contributed by atoms with van der Waals surface area (Å²) in [6.45, 7) is 1.17. The third kappa shape index (κ3) is 4.82. The van der Waals surface area contributed by atoms with E-state index in [-0.39, 0.29) is 6.61 Å². The van der Waals surface area contributed by atoms with Crippen molar-refractivity contribution < 1.29 is 18.3 Å². The van der Waals surface area contributed by atoms with Crippen LogP contribution in [0.25, 0.3) is 0 Å². The third-order valence-corrected chi connectivity index (χ3v) is 3.21. The average molecular weight is 310 g/mol. The summed E-state index contributed by atoms with van der Waals surface area (Å²) in [6, 6.07) is 8.96. The summed E-state index contributed by atoms with van der Waals surface area (Å²) >= 11 is 0. The molecule has 0 fully saturated rings. The Morgan fingerprint density at radius 2 is 1.77 bits per heavy atom. The van der Waals surface area contributed by atoms with Gasteiger partial charge in [-0.25, -0.2) is 0 Å². The van der Waals surface area contributed by atoms with Crippen molar-refractivity contribution in [1.29, 1.82) is 0 Å². The topological polar surface area (TPSA) is 36.4 Å². The lowest BCUT2D eigenvalue weighted by atomic mass is 10.1. The van der Waals surface area contributed by atoms with Gasteiger partial charge in [-0.2, -0.15) is 13.2 Å². The first-order valence-corrected chi connectivity index (χ1v) is 6.87. The summed E-state index contributed by atoms with van der Waals surface area (Å²) in [5, 5.41) is 9.14. The molecule has 0 bridgehead atoms. The Hall–Kier alpha value is -1.92. The molecule has 1 N–H and O–H groups in total. The minimum Gasteiger partial charge on any atom is -0.395 e. The predicted octanol–water partition coefficient (Wildman–Crippen LogP) is 3.09. The average Bonchev–Trinajstić information content (AvgIpc) is 2.48. The number of aliphatic hydroxyl groups is 1. The van der Waals surface area contributed by atoms with Gasteiger partial charge in [-0.3, -0.25) is 9.88 Å². The maximum atomic E-state index is 12.7. The number of benzene rings is 1. The molecular formula is C16H17F3N2O. The number of pyridine rings is 1. The van der Waals surface area contributed by atoms with E-state index >= 15 is 0 Å².